The van der Waals surface area contributed by atoms with Crippen LogP contribution < -0.4 is 5.32 Å². The van der Waals surface area contributed by atoms with E-state index < -0.39 is 12.1 Å². The number of rotatable bonds is 6. The largest absolute Gasteiger partial charge is 0.479 e. The van der Waals surface area contributed by atoms with E-state index in [1.807, 2.05) is 12.1 Å². The van der Waals surface area contributed by atoms with Crippen LogP contribution in [0.4, 0.5) is 5.69 Å². The summed E-state index contributed by atoms with van der Waals surface area (Å²) in [5.41, 5.74) is 1.85. The first-order valence-corrected chi connectivity index (χ1v) is 5.76. The van der Waals surface area contributed by atoms with Crippen molar-refractivity contribution in [1.29, 1.82) is 0 Å². The normalized spacial score (nSPS) is 11.9. The van der Waals surface area contributed by atoms with Gasteiger partial charge in [-0.25, -0.2) is 4.79 Å². The Morgan fingerprint density at radius 2 is 1.94 bits per heavy atom. The fourth-order valence-corrected chi connectivity index (χ4v) is 1.29. The minimum absolute atomic E-state index is 0.275. The predicted molar refractivity (Wildman–Crippen MR) is 67.5 cm³/mol. The van der Waals surface area contributed by atoms with Gasteiger partial charge in [-0.05, 0) is 31.0 Å². The van der Waals surface area contributed by atoms with Crippen molar-refractivity contribution >= 4 is 17.6 Å². The number of amides is 1. The molecule has 18 heavy (non-hydrogen) atoms. The number of carbonyl (C=O) groups excluding carboxylic acids is 1. The van der Waals surface area contributed by atoms with Gasteiger partial charge in [-0.3, -0.25) is 4.79 Å². The monoisotopic (exact) mass is 251 g/mol. The van der Waals surface area contributed by atoms with E-state index in [1.165, 1.54) is 12.5 Å². The van der Waals surface area contributed by atoms with Crippen molar-refractivity contribution in [2.24, 2.45) is 0 Å². The van der Waals surface area contributed by atoms with Crippen LogP contribution in [0.2, 0.25) is 0 Å². The minimum Gasteiger partial charge on any atom is -0.479 e. The van der Waals surface area contributed by atoms with Crippen molar-refractivity contribution in [2.45, 2.75) is 26.4 Å². The van der Waals surface area contributed by atoms with Gasteiger partial charge < -0.3 is 15.2 Å². The van der Waals surface area contributed by atoms with Gasteiger partial charge in [-0.1, -0.05) is 19.1 Å². The molecule has 2 N–H and O–H groups in total. The lowest BCUT2D eigenvalue weighted by molar-refractivity contribution is -0.150. The summed E-state index contributed by atoms with van der Waals surface area (Å²) in [5, 5.41) is 11.2. The predicted octanol–water partition coefficient (Wildman–Crippen LogP) is 1.68. The maximum absolute atomic E-state index is 11.5. The smallest absolute Gasteiger partial charge is 0.332 e. The number of aliphatic carboxylic acids is 1. The fraction of sp³-hybridized carbons (Fsp3) is 0.385. The average Bonchev–Trinajstić information content (AvgIpc) is 2.36. The van der Waals surface area contributed by atoms with Crippen LogP contribution >= 0.6 is 0 Å². The SMILES string of the molecule is CCc1ccc(NC(=O)COC(C)C(=O)O)cc1. The molecule has 0 saturated carbocycles. The molecule has 1 amide bonds. The third-order valence-electron chi connectivity index (χ3n) is 2.46. The van der Waals surface area contributed by atoms with Crippen molar-refractivity contribution in [3.8, 4) is 0 Å². The number of anilines is 1. The van der Waals surface area contributed by atoms with Gasteiger partial charge in [-0.2, -0.15) is 0 Å². The molecule has 0 aliphatic heterocycles. The van der Waals surface area contributed by atoms with Crippen molar-refractivity contribution in [2.75, 3.05) is 11.9 Å². The van der Waals surface area contributed by atoms with Gasteiger partial charge in [0.05, 0.1) is 0 Å². The molecule has 0 aliphatic rings. The van der Waals surface area contributed by atoms with E-state index >= 15 is 0 Å². The molecule has 0 saturated heterocycles. The number of hydrogen-bond donors (Lipinski definition) is 2. The van der Waals surface area contributed by atoms with Gasteiger partial charge in [0, 0.05) is 5.69 Å². The number of aryl methyl sites for hydroxylation is 1. The Labute approximate surface area is 106 Å². The van der Waals surface area contributed by atoms with Gasteiger partial charge >= 0.3 is 5.97 Å². The van der Waals surface area contributed by atoms with Crippen molar-refractivity contribution in [3.05, 3.63) is 29.8 Å². The molecule has 0 spiro atoms. The Morgan fingerprint density at radius 1 is 1.33 bits per heavy atom. The number of hydrogen-bond acceptors (Lipinski definition) is 3. The van der Waals surface area contributed by atoms with E-state index in [1.54, 1.807) is 12.1 Å². The molecule has 1 unspecified atom stereocenters. The highest BCUT2D eigenvalue weighted by Gasteiger charge is 2.13. The summed E-state index contributed by atoms with van der Waals surface area (Å²) in [4.78, 5) is 21.9. The fourth-order valence-electron chi connectivity index (χ4n) is 1.29. The highest BCUT2D eigenvalue weighted by atomic mass is 16.5. The maximum atomic E-state index is 11.5. The van der Waals surface area contributed by atoms with Gasteiger partial charge in [0.1, 0.15) is 6.61 Å². The molecular formula is C13H17NO4. The first kappa shape index (κ1) is 14.2. The maximum Gasteiger partial charge on any atom is 0.332 e. The summed E-state index contributed by atoms with van der Waals surface area (Å²) in [6.45, 7) is 3.16. The summed E-state index contributed by atoms with van der Waals surface area (Å²) in [7, 11) is 0. The second-order valence-electron chi connectivity index (χ2n) is 3.89. The van der Waals surface area contributed by atoms with Crippen LogP contribution in [0.25, 0.3) is 0 Å². The zero-order chi connectivity index (χ0) is 13.5. The Bertz CT molecular complexity index is 414. The Balaban J connectivity index is 2.42. The van der Waals surface area contributed by atoms with Crippen LogP contribution in [-0.4, -0.2) is 29.7 Å². The number of nitrogens with one attached hydrogen (secondary N) is 1. The summed E-state index contributed by atoms with van der Waals surface area (Å²) < 4.78 is 4.87. The van der Waals surface area contributed by atoms with Crippen molar-refractivity contribution < 1.29 is 19.4 Å². The van der Waals surface area contributed by atoms with E-state index in [0.29, 0.717) is 5.69 Å². The van der Waals surface area contributed by atoms with Crippen LogP contribution in [-0.2, 0) is 20.7 Å². The molecule has 0 fully saturated rings. The van der Waals surface area contributed by atoms with E-state index in [0.717, 1.165) is 6.42 Å². The standard InChI is InChI=1S/C13H17NO4/c1-3-10-4-6-11(7-5-10)14-12(15)8-18-9(2)13(16)17/h4-7,9H,3,8H2,1-2H3,(H,14,15)(H,16,17). The molecule has 0 bridgehead atoms. The lowest BCUT2D eigenvalue weighted by atomic mass is 10.1. The third kappa shape index (κ3) is 4.55. The number of carbonyl (C=O) groups is 2. The lowest BCUT2D eigenvalue weighted by Crippen LogP contribution is -2.26. The van der Waals surface area contributed by atoms with Gasteiger partial charge in [-0.15, -0.1) is 0 Å². The quantitative estimate of drug-likeness (QED) is 0.806. The topological polar surface area (TPSA) is 75.6 Å². The number of ether oxygens (including phenoxy) is 1. The second kappa shape index (κ2) is 6.76. The summed E-state index contributed by atoms with van der Waals surface area (Å²) in [6, 6.07) is 7.46. The molecule has 1 rings (SSSR count). The molecule has 5 heteroatoms. The Hall–Kier alpha value is -1.88. The van der Waals surface area contributed by atoms with Crippen molar-refractivity contribution in [1.82, 2.24) is 0 Å². The highest BCUT2D eigenvalue weighted by molar-refractivity contribution is 5.91. The van der Waals surface area contributed by atoms with Crippen LogP contribution in [0.5, 0.6) is 0 Å². The summed E-state index contributed by atoms with van der Waals surface area (Å²) >= 11 is 0. The Kier molecular flexibility index (Phi) is 5.32. The van der Waals surface area contributed by atoms with Gasteiger partial charge in [0.2, 0.25) is 5.91 Å². The minimum atomic E-state index is -1.09. The van der Waals surface area contributed by atoms with E-state index in [-0.39, 0.29) is 12.5 Å². The molecule has 1 aromatic rings. The van der Waals surface area contributed by atoms with E-state index in [4.69, 9.17) is 9.84 Å². The van der Waals surface area contributed by atoms with Crippen LogP contribution in [0.15, 0.2) is 24.3 Å². The molecule has 0 aromatic heterocycles. The second-order valence-corrected chi connectivity index (χ2v) is 3.89. The first-order chi connectivity index (χ1) is 8.52. The van der Waals surface area contributed by atoms with E-state index in [9.17, 15) is 9.59 Å². The van der Waals surface area contributed by atoms with Gasteiger partial charge in [0.15, 0.2) is 6.10 Å². The first-order valence-electron chi connectivity index (χ1n) is 5.76. The number of carboxylic acids is 1. The van der Waals surface area contributed by atoms with Crippen LogP contribution in [0, 0.1) is 0 Å². The molecule has 1 atom stereocenters. The van der Waals surface area contributed by atoms with Crippen LogP contribution in [0.3, 0.4) is 0 Å². The molecule has 0 aliphatic carbocycles. The van der Waals surface area contributed by atoms with Gasteiger partial charge in [0.25, 0.3) is 0 Å². The summed E-state index contributed by atoms with van der Waals surface area (Å²) in [6.07, 6.45) is -0.0498. The number of carboxylic acid groups (broad SMARTS) is 1. The molecule has 0 heterocycles. The Morgan fingerprint density at radius 3 is 2.44 bits per heavy atom. The molecule has 98 valence electrons. The lowest BCUT2D eigenvalue weighted by Gasteiger charge is -2.09. The number of benzene rings is 1. The molecule has 1 aromatic carbocycles. The zero-order valence-corrected chi connectivity index (χ0v) is 10.5. The zero-order valence-electron chi connectivity index (χ0n) is 10.5. The summed E-state index contributed by atoms with van der Waals surface area (Å²) in [5.74, 6) is -1.46. The third-order valence-corrected chi connectivity index (χ3v) is 2.46. The molecular weight excluding hydrogens is 234 g/mol. The molecule has 0 radical (unpaired) electrons. The average molecular weight is 251 g/mol. The molecule has 5 nitrogen and oxygen atoms in total. The van der Waals surface area contributed by atoms with E-state index in [2.05, 4.69) is 12.2 Å². The highest BCUT2D eigenvalue weighted by Crippen LogP contribution is 2.09. The van der Waals surface area contributed by atoms with Crippen LogP contribution in [0.1, 0.15) is 19.4 Å². The van der Waals surface area contributed by atoms with Crippen molar-refractivity contribution in [3.63, 3.8) is 0 Å².